The van der Waals surface area contributed by atoms with Gasteiger partial charge in [0.2, 0.25) is 0 Å². The fourth-order valence-electron chi connectivity index (χ4n) is 1.83. The highest BCUT2D eigenvalue weighted by atomic mass is 32.2. The number of alkyl carbamates (subject to hydrolysis) is 1. The topological polar surface area (TPSA) is 129 Å². The van der Waals surface area contributed by atoms with Crippen LogP contribution in [0, 0.1) is 0 Å². The molecule has 0 aromatic heterocycles. The van der Waals surface area contributed by atoms with Crippen LogP contribution in [0.3, 0.4) is 0 Å². The van der Waals surface area contributed by atoms with E-state index in [-0.39, 0.29) is 24.7 Å². The molecule has 0 aliphatic carbocycles. The molecule has 0 unspecified atom stereocenters. The Kier molecular flexibility index (Phi) is 4.91. The molecular weight excluding hydrogens is 264 g/mol. The van der Waals surface area contributed by atoms with Crippen molar-refractivity contribution >= 4 is 21.9 Å². The number of carboxylic acid groups (broad SMARTS) is 1. The first-order chi connectivity index (χ1) is 8.34. The molecule has 1 amide bonds. The van der Waals surface area contributed by atoms with Crippen LogP contribution in [0.4, 0.5) is 4.79 Å². The molecule has 1 aliphatic heterocycles. The minimum atomic E-state index is -3.27. The standard InChI is InChI=1S/C9H16N2O6S/c1-2-17-9(14)11-7-5-18(15,16)4-6(7)10-3-8(12)13/h6-7,10H,2-5H2,1H3,(H,11,14)(H,12,13)/t6-,7+/m1/s1. The number of carbonyl (C=O) groups is 2. The number of sulfone groups is 1. The van der Waals surface area contributed by atoms with Gasteiger partial charge in [-0.15, -0.1) is 0 Å². The second-order valence-electron chi connectivity index (χ2n) is 4.02. The molecule has 1 aliphatic rings. The number of nitrogens with one attached hydrogen (secondary N) is 1. The number of aliphatic carboxylic acids is 1. The Morgan fingerprint density at radius 3 is 2.67 bits per heavy atom. The third kappa shape index (κ3) is 4.49. The molecule has 0 bridgehead atoms. The van der Waals surface area contributed by atoms with Gasteiger partial charge in [0, 0.05) is 0 Å². The summed E-state index contributed by atoms with van der Waals surface area (Å²) in [6.07, 6.45) is -0.702. The Morgan fingerprint density at radius 2 is 2.11 bits per heavy atom. The van der Waals surface area contributed by atoms with E-state index in [1.165, 1.54) is 5.32 Å². The molecule has 18 heavy (non-hydrogen) atoms. The van der Waals surface area contributed by atoms with E-state index in [1.54, 1.807) is 6.92 Å². The third-order valence-electron chi connectivity index (χ3n) is 2.56. The fourth-order valence-corrected chi connectivity index (χ4v) is 3.80. The van der Waals surface area contributed by atoms with Gasteiger partial charge in [0.15, 0.2) is 9.84 Å². The van der Waals surface area contributed by atoms with E-state index in [0.29, 0.717) is 0 Å². The normalized spacial score (nSPS) is 25.6. The minimum Gasteiger partial charge on any atom is -0.544 e. The van der Waals surface area contributed by atoms with Crippen LogP contribution in [-0.4, -0.2) is 57.2 Å². The largest absolute Gasteiger partial charge is 0.544 e. The first-order valence-electron chi connectivity index (χ1n) is 5.51. The summed E-state index contributed by atoms with van der Waals surface area (Å²) in [6, 6.07) is -1.18. The van der Waals surface area contributed by atoms with E-state index in [4.69, 9.17) is 0 Å². The average molecular weight is 280 g/mol. The van der Waals surface area contributed by atoms with Gasteiger partial charge < -0.3 is 25.3 Å². The maximum Gasteiger partial charge on any atom is 0.407 e. The molecule has 104 valence electrons. The lowest BCUT2D eigenvalue weighted by atomic mass is 10.2. The Labute approximate surface area is 105 Å². The summed E-state index contributed by atoms with van der Waals surface area (Å²) in [6.45, 7) is 1.46. The van der Waals surface area contributed by atoms with E-state index in [1.807, 2.05) is 0 Å². The molecule has 0 aromatic rings. The number of nitrogens with two attached hydrogens (primary N) is 1. The second-order valence-corrected chi connectivity index (χ2v) is 6.18. The number of amides is 1. The highest BCUT2D eigenvalue weighted by Crippen LogP contribution is 2.10. The van der Waals surface area contributed by atoms with Gasteiger partial charge in [0.25, 0.3) is 0 Å². The van der Waals surface area contributed by atoms with Crippen LogP contribution in [0.5, 0.6) is 0 Å². The zero-order chi connectivity index (χ0) is 13.8. The molecule has 9 heteroatoms. The molecule has 0 aromatic carbocycles. The van der Waals surface area contributed by atoms with Crippen molar-refractivity contribution in [3.8, 4) is 0 Å². The van der Waals surface area contributed by atoms with Crippen molar-refractivity contribution in [2.45, 2.75) is 19.0 Å². The molecule has 1 heterocycles. The van der Waals surface area contributed by atoms with E-state index in [2.05, 4.69) is 10.1 Å². The molecule has 1 saturated heterocycles. The van der Waals surface area contributed by atoms with E-state index in [9.17, 15) is 23.1 Å². The summed E-state index contributed by atoms with van der Waals surface area (Å²) in [5.74, 6) is -1.66. The number of hydrogen-bond donors (Lipinski definition) is 2. The van der Waals surface area contributed by atoms with Crippen molar-refractivity contribution in [2.24, 2.45) is 0 Å². The SMILES string of the molecule is CCOC(=O)N[C@H]1CS(=O)(=O)C[C@H]1[NH2+]CC(=O)[O-]. The van der Waals surface area contributed by atoms with Gasteiger partial charge in [0.05, 0.1) is 24.4 Å². The number of carbonyl (C=O) groups excluding carboxylic acids is 2. The minimum absolute atomic E-state index is 0.169. The Hall–Kier alpha value is -1.35. The van der Waals surface area contributed by atoms with Crippen molar-refractivity contribution in [1.82, 2.24) is 5.32 Å². The van der Waals surface area contributed by atoms with Crippen LogP contribution in [0.1, 0.15) is 6.92 Å². The van der Waals surface area contributed by atoms with Crippen LogP contribution < -0.4 is 15.7 Å². The summed E-state index contributed by atoms with van der Waals surface area (Å²) in [5, 5.41) is 14.1. The summed E-state index contributed by atoms with van der Waals surface area (Å²) in [5.41, 5.74) is 0. The Bertz CT molecular complexity index is 421. The molecule has 0 spiro atoms. The number of ether oxygens (including phenoxy) is 1. The van der Waals surface area contributed by atoms with Crippen molar-refractivity contribution in [3.05, 3.63) is 0 Å². The van der Waals surface area contributed by atoms with Gasteiger partial charge in [-0.05, 0) is 6.92 Å². The predicted octanol–water partition coefficient (Wildman–Crippen LogP) is -3.79. The summed E-state index contributed by atoms with van der Waals surface area (Å²) < 4.78 is 27.6. The van der Waals surface area contributed by atoms with Gasteiger partial charge in [-0.3, -0.25) is 0 Å². The van der Waals surface area contributed by atoms with Crippen molar-refractivity contribution in [2.75, 3.05) is 24.7 Å². The molecule has 1 rings (SSSR count). The first-order valence-corrected chi connectivity index (χ1v) is 7.33. The lowest BCUT2D eigenvalue weighted by Crippen LogP contribution is -2.95. The van der Waals surface area contributed by atoms with E-state index >= 15 is 0 Å². The van der Waals surface area contributed by atoms with Crippen molar-refractivity contribution < 1.29 is 33.2 Å². The lowest BCUT2D eigenvalue weighted by Gasteiger charge is -2.17. The average Bonchev–Trinajstić information content (AvgIpc) is 2.50. The molecule has 2 atom stereocenters. The quantitative estimate of drug-likeness (QED) is 0.531. The van der Waals surface area contributed by atoms with Crippen LogP contribution in [-0.2, 0) is 19.4 Å². The zero-order valence-electron chi connectivity index (χ0n) is 9.92. The van der Waals surface area contributed by atoms with Gasteiger partial charge >= 0.3 is 6.09 Å². The van der Waals surface area contributed by atoms with Gasteiger partial charge in [-0.25, -0.2) is 13.2 Å². The summed E-state index contributed by atoms with van der Waals surface area (Å²) >= 11 is 0. The smallest absolute Gasteiger partial charge is 0.407 e. The first kappa shape index (κ1) is 14.7. The van der Waals surface area contributed by atoms with Crippen LogP contribution in [0.2, 0.25) is 0 Å². The highest BCUT2D eigenvalue weighted by molar-refractivity contribution is 7.91. The zero-order valence-corrected chi connectivity index (χ0v) is 10.7. The number of quaternary nitrogens is 1. The van der Waals surface area contributed by atoms with Gasteiger partial charge in [-0.2, -0.15) is 0 Å². The second kappa shape index (κ2) is 6.01. The van der Waals surface area contributed by atoms with Crippen molar-refractivity contribution in [3.63, 3.8) is 0 Å². The summed E-state index contributed by atoms with van der Waals surface area (Å²) in [7, 11) is -3.27. The third-order valence-corrected chi connectivity index (χ3v) is 4.32. The monoisotopic (exact) mass is 280 g/mol. The van der Waals surface area contributed by atoms with Crippen LogP contribution >= 0.6 is 0 Å². The Morgan fingerprint density at radius 1 is 1.44 bits per heavy atom. The predicted molar refractivity (Wildman–Crippen MR) is 58.2 cm³/mol. The molecule has 0 radical (unpaired) electrons. The maximum absolute atomic E-state index is 11.5. The van der Waals surface area contributed by atoms with Gasteiger partial charge in [0.1, 0.15) is 18.3 Å². The van der Waals surface area contributed by atoms with E-state index < -0.39 is 34.0 Å². The molecular formula is C9H16N2O6S. The summed E-state index contributed by atoms with van der Waals surface area (Å²) in [4.78, 5) is 21.6. The molecule has 8 nitrogen and oxygen atoms in total. The highest BCUT2D eigenvalue weighted by Gasteiger charge is 2.41. The lowest BCUT2D eigenvalue weighted by molar-refractivity contribution is -0.681. The number of hydrogen-bond acceptors (Lipinski definition) is 6. The number of carboxylic acids is 1. The maximum atomic E-state index is 11.5. The fraction of sp³-hybridized carbons (Fsp3) is 0.778. The van der Waals surface area contributed by atoms with E-state index in [0.717, 1.165) is 0 Å². The molecule has 1 fully saturated rings. The van der Waals surface area contributed by atoms with Crippen LogP contribution in [0.15, 0.2) is 0 Å². The molecule has 3 N–H and O–H groups in total. The Balaban J connectivity index is 2.61. The molecule has 0 saturated carbocycles. The van der Waals surface area contributed by atoms with Crippen LogP contribution in [0.25, 0.3) is 0 Å². The van der Waals surface area contributed by atoms with Crippen molar-refractivity contribution in [1.29, 1.82) is 0 Å². The number of rotatable bonds is 5. The van der Waals surface area contributed by atoms with Gasteiger partial charge in [-0.1, -0.05) is 0 Å².